The molecule has 0 aromatic carbocycles. The quantitative estimate of drug-likeness (QED) is 0.326. The standard InChI is InChI=1S/C23H18N6O4/c1-2-33-23(32)17-12-25-27-20(17)29-9-6-19-16(22(29)31)10-15-18(26-19)5-8-28(21(15)30)13-14-4-3-7-24-11-14/h3-12H,2,13H2,1H3,(H,25,27). The maximum Gasteiger partial charge on any atom is 0.343 e. The molecule has 5 aromatic rings. The third kappa shape index (κ3) is 3.57. The van der Waals surface area contributed by atoms with Crippen LogP contribution in [0.15, 0.2) is 70.9 Å². The van der Waals surface area contributed by atoms with Crippen LogP contribution >= 0.6 is 0 Å². The normalized spacial score (nSPS) is 11.2. The molecule has 0 unspecified atom stereocenters. The van der Waals surface area contributed by atoms with Gasteiger partial charge in [0.05, 0.1) is 41.2 Å². The molecule has 10 heteroatoms. The van der Waals surface area contributed by atoms with Gasteiger partial charge in [0.2, 0.25) is 0 Å². The van der Waals surface area contributed by atoms with Crippen molar-refractivity contribution in [3.63, 3.8) is 0 Å². The first-order chi connectivity index (χ1) is 16.1. The molecule has 0 aliphatic heterocycles. The van der Waals surface area contributed by atoms with E-state index >= 15 is 0 Å². The minimum absolute atomic E-state index is 0.130. The molecule has 0 radical (unpaired) electrons. The van der Waals surface area contributed by atoms with Crippen LogP contribution in [-0.2, 0) is 11.3 Å². The Kier molecular flexibility index (Phi) is 5.02. The number of fused-ring (bicyclic) bond motifs is 2. The number of aromatic amines is 1. The van der Waals surface area contributed by atoms with E-state index in [2.05, 4.69) is 20.2 Å². The molecule has 0 spiro atoms. The highest BCUT2D eigenvalue weighted by Crippen LogP contribution is 2.17. The third-order valence-electron chi connectivity index (χ3n) is 5.25. The predicted molar refractivity (Wildman–Crippen MR) is 121 cm³/mol. The van der Waals surface area contributed by atoms with Gasteiger partial charge in [-0.25, -0.2) is 9.78 Å². The Morgan fingerprint density at radius 1 is 1.06 bits per heavy atom. The summed E-state index contributed by atoms with van der Waals surface area (Å²) in [5.41, 5.74) is 1.21. The number of hydrogen-bond acceptors (Lipinski definition) is 7. The van der Waals surface area contributed by atoms with Crippen LogP contribution in [0.1, 0.15) is 22.8 Å². The lowest BCUT2D eigenvalue weighted by Gasteiger charge is -2.09. The molecule has 0 fully saturated rings. The largest absolute Gasteiger partial charge is 0.462 e. The van der Waals surface area contributed by atoms with Gasteiger partial charge >= 0.3 is 5.97 Å². The van der Waals surface area contributed by atoms with E-state index < -0.39 is 11.5 Å². The average molecular weight is 442 g/mol. The summed E-state index contributed by atoms with van der Waals surface area (Å²) in [6, 6.07) is 8.61. The maximum atomic E-state index is 13.3. The van der Waals surface area contributed by atoms with Gasteiger partial charge < -0.3 is 9.30 Å². The first-order valence-electron chi connectivity index (χ1n) is 10.2. The predicted octanol–water partition coefficient (Wildman–Crippen LogP) is 2.04. The van der Waals surface area contributed by atoms with Crippen molar-refractivity contribution >= 4 is 27.8 Å². The molecule has 5 rings (SSSR count). The molecule has 0 aliphatic carbocycles. The van der Waals surface area contributed by atoms with Crippen LogP contribution in [0, 0.1) is 0 Å². The van der Waals surface area contributed by atoms with Gasteiger partial charge in [-0.3, -0.25) is 24.2 Å². The van der Waals surface area contributed by atoms with Crippen molar-refractivity contribution in [1.29, 1.82) is 0 Å². The average Bonchev–Trinajstić information content (AvgIpc) is 3.31. The molecular weight excluding hydrogens is 424 g/mol. The Hall–Kier alpha value is -4.60. The number of ether oxygens (including phenoxy) is 1. The zero-order valence-corrected chi connectivity index (χ0v) is 17.6. The van der Waals surface area contributed by atoms with E-state index in [9.17, 15) is 14.4 Å². The molecule has 0 bridgehead atoms. The maximum absolute atomic E-state index is 13.3. The molecule has 5 heterocycles. The van der Waals surface area contributed by atoms with Crippen LogP contribution in [0.3, 0.4) is 0 Å². The molecule has 164 valence electrons. The van der Waals surface area contributed by atoms with Crippen molar-refractivity contribution in [2.24, 2.45) is 0 Å². The molecule has 0 amide bonds. The monoisotopic (exact) mass is 442 g/mol. The van der Waals surface area contributed by atoms with Gasteiger partial charge in [0.15, 0.2) is 0 Å². The number of aromatic nitrogens is 6. The second-order valence-electron chi connectivity index (χ2n) is 7.31. The number of carbonyl (C=O) groups excluding carboxylic acids is 1. The lowest BCUT2D eigenvalue weighted by molar-refractivity contribution is 0.0526. The number of esters is 1. The minimum Gasteiger partial charge on any atom is -0.462 e. The first kappa shape index (κ1) is 20.3. The number of nitrogens with zero attached hydrogens (tertiary/aromatic N) is 5. The molecule has 0 saturated carbocycles. The van der Waals surface area contributed by atoms with Crippen molar-refractivity contribution < 1.29 is 9.53 Å². The topological polar surface area (TPSA) is 125 Å². The Bertz CT molecular complexity index is 1620. The van der Waals surface area contributed by atoms with E-state index in [1.807, 2.05) is 6.07 Å². The Morgan fingerprint density at radius 2 is 1.85 bits per heavy atom. The van der Waals surface area contributed by atoms with Gasteiger partial charge in [-0.05, 0) is 36.8 Å². The van der Waals surface area contributed by atoms with Crippen molar-refractivity contribution in [3.8, 4) is 5.82 Å². The molecule has 1 N–H and O–H groups in total. The summed E-state index contributed by atoms with van der Waals surface area (Å²) in [6.07, 6.45) is 7.84. The fourth-order valence-electron chi connectivity index (χ4n) is 3.67. The van der Waals surface area contributed by atoms with Gasteiger partial charge in [-0.1, -0.05) is 6.07 Å². The zero-order valence-electron chi connectivity index (χ0n) is 17.6. The summed E-state index contributed by atoms with van der Waals surface area (Å²) in [7, 11) is 0. The highest BCUT2D eigenvalue weighted by molar-refractivity contribution is 5.94. The van der Waals surface area contributed by atoms with Crippen LogP contribution in [0.4, 0.5) is 0 Å². The van der Waals surface area contributed by atoms with E-state index in [1.54, 1.807) is 54.3 Å². The number of pyridine rings is 4. The molecule has 10 nitrogen and oxygen atoms in total. The van der Waals surface area contributed by atoms with Crippen molar-refractivity contribution in [2.45, 2.75) is 13.5 Å². The van der Waals surface area contributed by atoms with E-state index in [0.717, 1.165) is 5.56 Å². The summed E-state index contributed by atoms with van der Waals surface area (Å²) in [4.78, 5) is 47.2. The Labute approximate surface area is 186 Å². The van der Waals surface area contributed by atoms with Crippen molar-refractivity contribution in [3.05, 3.63) is 93.2 Å². The molecule has 0 saturated heterocycles. The SMILES string of the molecule is CCOC(=O)c1cn[nH]c1-n1ccc2nc3ccn(Cc4cccnc4)c(=O)c3cc2c1=O. The van der Waals surface area contributed by atoms with Crippen molar-refractivity contribution in [1.82, 2.24) is 29.3 Å². The molecule has 0 atom stereocenters. The van der Waals surface area contributed by atoms with E-state index in [0.29, 0.717) is 23.0 Å². The van der Waals surface area contributed by atoms with E-state index in [1.165, 1.54) is 17.0 Å². The van der Waals surface area contributed by atoms with E-state index in [4.69, 9.17) is 4.74 Å². The van der Waals surface area contributed by atoms with Crippen LogP contribution < -0.4 is 11.1 Å². The fourth-order valence-corrected chi connectivity index (χ4v) is 3.67. The highest BCUT2D eigenvalue weighted by atomic mass is 16.5. The van der Waals surface area contributed by atoms with Crippen LogP contribution in [0.2, 0.25) is 0 Å². The Balaban J connectivity index is 1.65. The summed E-state index contributed by atoms with van der Waals surface area (Å²) < 4.78 is 7.84. The van der Waals surface area contributed by atoms with Crippen LogP contribution in [0.25, 0.3) is 27.6 Å². The number of H-pyrrole nitrogens is 1. The van der Waals surface area contributed by atoms with Gasteiger partial charge in [-0.2, -0.15) is 5.10 Å². The second kappa shape index (κ2) is 8.15. The van der Waals surface area contributed by atoms with E-state index in [-0.39, 0.29) is 28.9 Å². The summed E-state index contributed by atoms with van der Waals surface area (Å²) in [5, 5.41) is 7.11. The van der Waals surface area contributed by atoms with Crippen molar-refractivity contribution in [2.75, 3.05) is 6.61 Å². The van der Waals surface area contributed by atoms with Gasteiger partial charge in [0.25, 0.3) is 11.1 Å². The van der Waals surface area contributed by atoms with Gasteiger partial charge in [-0.15, -0.1) is 0 Å². The number of hydrogen-bond donors (Lipinski definition) is 1. The van der Waals surface area contributed by atoms with Crippen LogP contribution in [-0.4, -0.2) is 41.9 Å². The number of carbonyl (C=O) groups is 1. The highest BCUT2D eigenvalue weighted by Gasteiger charge is 2.19. The lowest BCUT2D eigenvalue weighted by atomic mass is 10.2. The minimum atomic E-state index is -0.594. The zero-order chi connectivity index (χ0) is 22.9. The van der Waals surface area contributed by atoms with Gasteiger partial charge in [0.1, 0.15) is 11.4 Å². The molecule has 33 heavy (non-hydrogen) atoms. The second-order valence-corrected chi connectivity index (χ2v) is 7.31. The third-order valence-corrected chi connectivity index (χ3v) is 5.25. The lowest BCUT2D eigenvalue weighted by Crippen LogP contribution is -2.23. The Morgan fingerprint density at radius 3 is 2.61 bits per heavy atom. The molecule has 0 aliphatic rings. The fraction of sp³-hybridized carbons (Fsp3) is 0.130. The smallest absolute Gasteiger partial charge is 0.343 e. The van der Waals surface area contributed by atoms with Crippen LogP contribution in [0.5, 0.6) is 0 Å². The number of nitrogens with one attached hydrogen (secondary N) is 1. The number of rotatable bonds is 5. The summed E-state index contributed by atoms with van der Waals surface area (Å²) in [5.74, 6) is -0.411. The molecular formula is C23H18N6O4. The summed E-state index contributed by atoms with van der Waals surface area (Å²) >= 11 is 0. The summed E-state index contributed by atoms with van der Waals surface area (Å²) in [6.45, 7) is 2.23. The first-order valence-corrected chi connectivity index (χ1v) is 10.2. The van der Waals surface area contributed by atoms with Gasteiger partial charge in [0, 0.05) is 24.8 Å². The molecule has 5 aromatic heterocycles.